The number of fused-ring (bicyclic) bond motifs is 1. The minimum atomic E-state index is -0.152. The number of Topliss-reactive ketones (excluding diaryl/α,β-unsaturated/α-hetero) is 1. The molecule has 1 aliphatic rings. The van der Waals surface area contributed by atoms with Crippen LogP contribution in [-0.4, -0.2) is 21.7 Å². The summed E-state index contributed by atoms with van der Waals surface area (Å²) < 4.78 is 0. The van der Waals surface area contributed by atoms with Gasteiger partial charge in [0, 0.05) is 24.1 Å². The maximum absolute atomic E-state index is 12.3. The lowest BCUT2D eigenvalue weighted by atomic mass is 9.82. The van der Waals surface area contributed by atoms with E-state index < -0.39 is 0 Å². The molecule has 0 saturated carbocycles. The highest BCUT2D eigenvalue weighted by Gasteiger charge is 2.28. The second kappa shape index (κ2) is 6.46. The third-order valence-corrected chi connectivity index (χ3v) is 4.21. The van der Waals surface area contributed by atoms with E-state index in [4.69, 9.17) is 11.6 Å². The molecular formula is C17H16ClN3O2. The Morgan fingerprint density at radius 2 is 2.04 bits per heavy atom. The van der Waals surface area contributed by atoms with Crippen LogP contribution in [0.25, 0.3) is 0 Å². The Balaban J connectivity index is 1.88. The zero-order valence-electron chi connectivity index (χ0n) is 12.7. The number of anilines is 1. The number of aromatic nitrogens is 2. The minimum Gasteiger partial charge on any atom is -0.295 e. The van der Waals surface area contributed by atoms with Crippen molar-refractivity contribution in [2.75, 3.05) is 5.32 Å². The van der Waals surface area contributed by atoms with Gasteiger partial charge in [-0.3, -0.25) is 14.9 Å². The average molecular weight is 330 g/mol. The third kappa shape index (κ3) is 3.40. The fraction of sp³-hybridized carbons (Fsp3) is 0.294. The fourth-order valence-corrected chi connectivity index (χ4v) is 2.81. The van der Waals surface area contributed by atoms with Gasteiger partial charge in [0.25, 0.3) is 0 Å². The molecule has 1 amide bonds. The maximum atomic E-state index is 12.3. The van der Waals surface area contributed by atoms with Crippen LogP contribution in [-0.2, 0) is 11.2 Å². The molecule has 23 heavy (non-hydrogen) atoms. The molecule has 0 spiro atoms. The van der Waals surface area contributed by atoms with Crippen molar-refractivity contribution in [2.24, 2.45) is 0 Å². The molecule has 1 N–H and O–H groups in total. The number of nitrogens with one attached hydrogen (secondary N) is 1. The number of nitrogens with zero attached hydrogens (tertiary/aromatic N) is 2. The Morgan fingerprint density at radius 3 is 2.74 bits per heavy atom. The molecule has 118 valence electrons. The van der Waals surface area contributed by atoms with E-state index in [1.807, 2.05) is 24.3 Å². The van der Waals surface area contributed by atoms with Crippen molar-refractivity contribution in [1.29, 1.82) is 0 Å². The average Bonchev–Trinajstić information content (AvgIpc) is 2.55. The quantitative estimate of drug-likeness (QED) is 0.936. The van der Waals surface area contributed by atoms with Crippen LogP contribution in [0.4, 0.5) is 5.95 Å². The van der Waals surface area contributed by atoms with Gasteiger partial charge in [-0.2, -0.15) is 0 Å². The topological polar surface area (TPSA) is 72.0 Å². The van der Waals surface area contributed by atoms with Gasteiger partial charge in [0.1, 0.15) is 0 Å². The standard InChI is InChI=1S/C17H16ClN3O2/c1-2-16(23)21-17-19-9-13-14(20-17)7-11(8-15(13)22)10-3-5-12(18)6-4-10/h3-6,9,11H,2,7-8H2,1H3,(H,19,20,21,23)/t11-/m0/s1. The molecule has 1 aliphatic carbocycles. The molecule has 1 atom stereocenters. The summed E-state index contributed by atoms with van der Waals surface area (Å²) in [7, 11) is 0. The first kappa shape index (κ1) is 15.6. The Morgan fingerprint density at radius 1 is 1.30 bits per heavy atom. The molecule has 5 nitrogen and oxygen atoms in total. The van der Waals surface area contributed by atoms with Crippen LogP contribution in [0.15, 0.2) is 30.5 Å². The number of carbonyl (C=O) groups is 2. The van der Waals surface area contributed by atoms with Gasteiger partial charge in [-0.15, -0.1) is 0 Å². The summed E-state index contributed by atoms with van der Waals surface area (Å²) in [4.78, 5) is 32.2. The highest BCUT2D eigenvalue weighted by Crippen LogP contribution is 2.32. The van der Waals surface area contributed by atoms with Crippen LogP contribution < -0.4 is 5.32 Å². The number of carbonyl (C=O) groups excluding carboxylic acids is 2. The van der Waals surface area contributed by atoms with E-state index in [0.29, 0.717) is 35.5 Å². The summed E-state index contributed by atoms with van der Waals surface area (Å²) in [6.07, 6.45) is 2.93. The van der Waals surface area contributed by atoms with E-state index in [2.05, 4.69) is 15.3 Å². The van der Waals surface area contributed by atoms with Gasteiger partial charge in [-0.1, -0.05) is 30.7 Å². The lowest BCUT2D eigenvalue weighted by Gasteiger charge is -2.23. The number of ketones is 1. The summed E-state index contributed by atoms with van der Waals surface area (Å²) >= 11 is 5.92. The third-order valence-electron chi connectivity index (χ3n) is 3.95. The zero-order valence-corrected chi connectivity index (χ0v) is 13.4. The van der Waals surface area contributed by atoms with Crippen molar-refractivity contribution in [1.82, 2.24) is 9.97 Å². The lowest BCUT2D eigenvalue weighted by Crippen LogP contribution is -2.22. The van der Waals surface area contributed by atoms with Crippen LogP contribution in [0, 0.1) is 0 Å². The fourth-order valence-electron chi connectivity index (χ4n) is 2.69. The van der Waals surface area contributed by atoms with Crippen LogP contribution in [0.2, 0.25) is 5.02 Å². The van der Waals surface area contributed by atoms with E-state index >= 15 is 0 Å². The monoisotopic (exact) mass is 329 g/mol. The number of benzene rings is 1. The first-order chi connectivity index (χ1) is 11.1. The van der Waals surface area contributed by atoms with Crippen molar-refractivity contribution < 1.29 is 9.59 Å². The number of hydrogen-bond donors (Lipinski definition) is 1. The van der Waals surface area contributed by atoms with Gasteiger partial charge in [-0.05, 0) is 30.0 Å². The second-order valence-electron chi connectivity index (χ2n) is 5.54. The number of halogens is 1. The van der Waals surface area contributed by atoms with Crippen molar-refractivity contribution in [3.63, 3.8) is 0 Å². The predicted molar refractivity (Wildman–Crippen MR) is 87.8 cm³/mol. The molecule has 0 aliphatic heterocycles. The van der Waals surface area contributed by atoms with Crippen LogP contribution >= 0.6 is 11.6 Å². The number of hydrogen-bond acceptors (Lipinski definition) is 4. The summed E-state index contributed by atoms with van der Waals surface area (Å²) in [6, 6.07) is 7.52. The SMILES string of the molecule is CCC(=O)Nc1ncc2c(n1)C[C@H](c1ccc(Cl)cc1)CC2=O. The number of rotatable bonds is 3. The molecule has 1 aromatic heterocycles. The van der Waals surface area contributed by atoms with Gasteiger partial charge in [-0.25, -0.2) is 9.97 Å². The Kier molecular flexibility index (Phi) is 4.39. The van der Waals surface area contributed by atoms with E-state index in [-0.39, 0.29) is 23.6 Å². The van der Waals surface area contributed by atoms with Crippen LogP contribution in [0.5, 0.6) is 0 Å². The largest absolute Gasteiger partial charge is 0.295 e. The first-order valence-corrected chi connectivity index (χ1v) is 7.89. The van der Waals surface area contributed by atoms with E-state index in [9.17, 15) is 9.59 Å². The highest BCUT2D eigenvalue weighted by molar-refractivity contribution is 6.30. The molecule has 2 aromatic rings. The molecule has 3 rings (SSSR count). The van der Waals surface area contributed by atoms with Crippen LogP contribution in [0.3, 0.4) is 0 Å². The summed E-state index contributed by atoms with van der Waals surface area (Å²) in [6.45, 7) is 1.76. The molecule has 0 unspecified atom stereocenters. The minimum absolute atomic E-state index is 0.0274. The van der Waals surface area contributed by atoms with Crippen molar-refractivity contribution in [3.05, 3.63) is 52.3 Å². The van der Waals surface area contributed by atoms with Crippen molar-refractivity contribution >= 4 is 29.2 Å². The number of amides is 1. The smallest absolute Gasteiger partial charge is 0.229 e. The van der Waals surface area contributed by atoms with Crippen LogP contribution in [0.1, 0.15) is 47.3 Å². The maximum Gasteiger partial charge on any atom is 0.229 e. The normalized spacial score (nSPS) is 16.8. The molecule has 1 aromatic carbocycles. The van der Waals surface area contributed by atoms with E-state index in [1.165, 1.54) is 6.20 Å². The molecule has 1 heterocycles. The van der Waals surface area contributed by atoms with Crippen molar-refractivity contribution in [3.8, 4) is 0 Å². The molecule has 0 fully saturated rings. The lowest BCUT2D eigenvalue weighted by molar-refractivity contribution is -0.115. The molecule has 0 saturated heterocycles. The van der Waals surface area contributed by atoms with Gasteiger partial charge in [0.15, 0.2) is 5.78 Å². The van der Waals surface area contributed by atoms with E-state index in [0.717, 1.165) is 5.56 Å². The summed E-state index contributed by atoms with van der Waals surface area (Å²) in [5.41, 5.74) is 2.29. The van der Waals surface area contributed by atoms with Gasteiger partial charge in [0.2, 0.25) is 11.9 Å². The Labute approximate surface area is 139 Å². The first-order valence-electron chi connectivity index (χ1n) is 7.51. The Hall–Kier alpha value is -2.27. The Bertz CT molecular complexity index is 759. The second-order valence-corrected chi connectivity index (χ2v) is 5.97. The molecular weight excluding hydrogens is 314 g/mol. The summed E-state index contributed by atoms with van der Waals surface area (Å²) in [5.74, 6) is 0.193. The predicted octanol–water partition coefficient (Wildman–Crippen LogP) is 3.39. The van der Waals surface area contributed by atoms with E-state index in [1.54, 1.807) is 6.92 Å². The van der Waals surface area contributed by atoms with Gasteiger partial charge >= 0.3 is 0 Å². The molecule has 0 bridgehead atoms. The van der Waals surface area contributed by atoms with Crippen molar-refractivity contribution in [2.45, 2.75) is 32.1 Å². The highest BCUT2D eigenvalue weighted by atomic mass is 35.5. The zero-order chi connectivity index (χ0) is 16.4. The summed E-state index contributed by atoms with van der Waals surface area (Å²) in [5, 5.41) is 3.30. The molecule has 0 radical (unpaired) electrons. The molecule has 6 heteroatoms. The van der Waals surface area contributed by atoms with Gasteiger partial charge in [0.05, 0.1) is 11.3 Å². The van der Waals surface area contributed by atoms with Gasteiger partial charge < -0.3 is 0 Å².